The maximum Gasteiger partial charge on any atom is 0.251 e. The highest BCUT2D eigenvalue weighted by Gasteiger charge is 2.16. The van der Waals surface area contributed by atoms with E-state index in [0.29, 0.717) is 35.2 Å². The molecular weight excluding hydrogens is 340 g/mol. The SMILES string of the molecule is COc1cc(C(=O)NC(C)c2ccc(F)c(F)c2)ccc1OCC(C)C. The van der Waals surface area contributed by atoms with Crippen LogP contribution in [0, 0.1) is 17.6 Å². The van der Waals surface area contributed by atoms with Crippen LogP contribution in [-0.2, 0) is 0 Å². The van der Waals surface area contributed by atoms with Gasteiger partial charge in [0.2, 0.25) is 0 Å². The Balaban J connectivity index is 2.12. The molecule has 0 spiro atoms. The molecule has 4 nitrogen and oxygen atoms in total. The summed E-state index contributed by atoms with van der Waals surface area (Å²) in [6.07, 6.45) is 0. The largest absolute Gasteiger partial charge is 0.493 e. The predicted molar refractivity (Wildman–Crippen MR) is 95.6 cm³/mol. The zero-order valence-corrected chi connectivity index (χ0v) is 15.3. The van der Waals surface area contributed by atoms with E-state index in [1.165, 1.54) is 13.2 Å². The summed E-state index contributed by atoms with van der Waals surface area (Å²) in [6, 6.07) is 7.96. The van der Waals surface area contributed by atoms with Crippen molar-refractivity contribution < 1.29 is 23.0 Å². The van der Waals surface area contributed by atoms with E-state index in [1.54, 1.807) is 25.1 Å². The molecule has 2 aromatic rings. The highest BCUT2D eigenvalue weighted by Crippen LogP contribution is 2.29. The summed E-state index contributed by atoms with van der Waals surface area (Å²) in [5.74, 6) is -0.841. The van der Waals surface area contributed by atoms with Crippen LogP contribution < -0.4 is 14.8 Å². The zero-order valence-electron chi connectivity index (χ0n) is 15.3. The molecule has 0 aromatic heterocycles. The molecule has 1 amide bonds. The van der Waals surface area contributed by atoms with Gasteiger partial charge in [-0.15, -0.1) is 0 Å². The number of rotatable bonds is 7. The van der Waals surface area contributed by atoms with E-state index in [0.717, 1.165) is 12.1 Å². The Morgan fingerprint density at radius 2 is 1.77 bits per heavy atom. The van der Waals surface area contributed by atoms with Gasteiger partial charge < -0.3 is 14.8 Å². The molecule has 1 N–H and O–H groups in total. The number of hydrogen-bond acceptors (Lipinski definition) is 3. The van der Waals surface area contributed by atoms with Crippen LogP contribution in [0.3, 0.4) is 0 Å². The first-order valence-electron chi connectivity index (χ1n) is 8.38. The normalized spacial score (nSPS) is 12.0. The third-order valence-electron chi connectivity index (χ3n) is 3.79. The fourth-order valence-electron chi connectivity index (χ4n) is 2.33. The lowest BCUT2D eigenvalue weighted by Crippen LogP contribution is -2.26. The minimum Gasteiger partial charge on any atom is -0.493 e. The van der Waals surface area contributed by atoms with Gasteiger partial charge in [0.25, 0.3) is 5.91 Å². The van der Waals surface area contributed by atoms with E-state index < -0.39 is 17.7 Å². The maximum absolute atomic E-state index is 13.4. The number of carbonyl (C=O) groups is 1. The highest BCUT2D eigenvalue weighted by atomic mass is 19.2. The number of methoxy groups -OCH3 is 1. The second kappa shape index (κ2) is 8.65. The Morgan fingerprint density at radius 1 is 1.04 bits per heavy atom. The second-order valence-electron chi connectivity index (χ2n) is 6.44. The topological polar surface area (TPSA) is 47.6 Å². The molecule has 0 saturated carbocycles. The minimum atomic E-state index is -0.947. The van der Waals surface area contributed by atoms with Crippen molar-refractivity contribution in [3.63, 3.8) is 0 Å². The predicted octanol–water partition coefficient (Wildman–Crippen LogP) is 4.50. The Bertz CT molecular complexity index is 778. The Hall–Kier alpha value is -2.63. The molecule has 1 unspecified atom stereocenters. The fourth-order valence-corrected chi connectivity index (χ4v) is 2.33. The van der Waals surface area contributed by atoms with E-state index in [-0.39, 0.29) is 5.91 Å². The summed E-state index contributed by atoms with van der Waals surface area (Å²) < 4.78 is 37.3. The van der Waals surface area contributed by atoms with Crippen molar-refractivity contribution in [1.82, 2.24) is 5.32 Å². The first kappa shape index (κ1) is 19.7. The van der Waals surface area contributed by atoms with Gasteiger partial charge in [-0.1, -0.05) is 19.9 Å². The molecule has 0 bridgehead atoms. The average molecular weight is 363 g/mol. The van der Waals surface area contributed by atoms with Crippen LogP contribution in [0.15, 0.2) is 36.4 Å². The first-order valence-corrected chi connectivity index (χ1v) is 8.38. The van der Waals surface area contributed by atoms with Gasteiger partial charge in [0.1, 0.15) is 0 Å². The molecule has 0 heterocycles. The molecule has 140 valence electrons. The summed E-state index contributed by atoms with van der Waals surface area (Å²) in [5, 5.41) is 2.76. The molecule has 0 aliphatic carbocycles. The van der Waals surface area contributed by atoms with Gasteiger partial charge in [-0.05, 0) is 48.7 Å². The van der Waals surface area contributed by atoms with Crippen molar-refractivity contribution in [2.24, 2.45) is 5.92 Å². The summed E-state index contributed by atoms with van der Waals surface area (Å²) in [7, 11) is 1.50. The number of halogens is 2. The van der Waals surface area contributed by atoms with E-state index in [9.17, 15) is 13.6 Å². The molecule has 2 rings (SSSR count). The third-order valence-corrected chi connectivity index (χ3v) is 3.79. The van der Waals surface area contributed by atoms with Crippen molar-refractivity contribution >= 4 is 5.91 Å². The van der Waals surface area contributed by atoms with Crippen LogP contribution in [0.2, 0.25) is 0 Å². The average Bonchev–Trinajstić information content (AvgIpc) is 2.61. The van der Waals surface area contributed by atoms with Gasteiger partial charge >= 0.3 is 0 Å². The smallest absolute Gasteiger partial charge is 0.251 e. The van der Waals surface area contributed by atoms with Crippen LogP contribution >= 0.6 is 0 Å². The van der Waals surface area contributed by atoms with Crippen LogP contribution in [0.25, 0.3) is 0 Å². The molecule has 2 aromatic carbocycles. The van der Waals surface area contributed by atoms with E-state index in [2.05, 4.69) is 5.32 Å². The minimum absolute atomic E-state index is 0.351. The van der Waals surface area contributed by atoms with Gasteiger partial charge in [0.15, 0.2) is 23.1 Å². The summed E-state index contributed by atoms with van der Waals surface area (Å²) in [6.45, 7) is 6.30. The number of benzene rings is 2. The molecular formula is C20H23F2NO3. The Labute approximate surface area is 152 Å². The number of carbonyl (C=O) groups excluding carboxylic acids is 1. The first-order chi connectivity index (χ1) is 12.3. The second-order valence-corrected chi connectivity index (χ2v) is 6.44. The van der Waals surface area contributed by atoms with Gasteiger partial charge in [-0.25, -0.2) is 8.78 Å². The van der Waals surface area contributed by atoms with E-state index >= 15 is 0 Å². The monoisotopic (exact) mass is 363 g/mol. The molecule has 1 atom stereocenters. The van der Waals surface area contributed by atoms with Crippen LogP contribution in [0.4, 0.5) is 8.78 Å². The lowest BCUT2D eigenvalue weighted by molar-refractivity contribution is 0.0939. The zero-order chi connectivity index (χ0) is 19.3. The van der Waals surface area contributed by atoms with Gasteiger partial charge in [-0.3, -0.25) is 4.79 Å². The third kappa shape index (κ3) is 4.94. The lowest BCUT2D eigenvalue weighted by atomic mass is 10.1. The molecule has 0 aliphatic heterocycles. The molecule has 0 aliphatic rings. The Kier molecular flexibility index (Phi) is 6.55. The van der Waals surface area contributed by atoms with Crippen molar-refractivity contribution in [3.8, 4) is 11.5 Å². The number of amides is 1. The van der Waals surface area contributed by atoms with Crippen LogP contribution in [0.5, 0.6) is 11.5 Å². The number of nitrogens with one attached hydrogen (secondary N) is 1. The molecule has 0 saturated heterocycles. The van der Waals surface area contributed by atoms with Gasteiger partial charge in [0, 0.05) is 5.56 Å². The molecule has 6 heteroatoms. The number of ether oxygens (including phenoxy) is 2. The van der Waals surface area contributed by atoms with E-state index in [1.807, 2.05) is 13.8 Å². The summed E-state index contributed by atoms with van der Waals surface area (Å²) in [4.78, 5) is 12.5. The fraction of sp³-hybridized carbons (Fsp3) is 0.350. The van der Waals surface area contributed by atoms with E-state index in [4.69, 9.17) is 9.47 Å². The summed E-state index contributed by atoms with van der Waals surface area (Å²) in [5.41, 5.74) is 0.856. The number of hydrogen-bond donors (Lipinski definition) is 1. The van der Waals surface area contributed by atoms with Gasteiger partial charge in [-0.2, -0.15) is 0 Å². The maximum atomic E-state index is 13.4. The Morgan fingerprint density at radius 3 is 2.38 bits per heavy atom. The van der Waals surface area contributed by atoms with Crippen LogP contribution in [0.1, 0.15) is 42.7 Å². The van der Waals surface area contributed by atoms with Gasteiger partial charge in [0.05, 0.1) is 19.8 Å². The van der Waals surface area contributed by atoms with Crippen LogP contribution in [-0.4, -0.2) is 19.6 Å². The van der Waals surface area contributed by atoms with Crippen molar-refractivity contribution in [1.29, 1.82) is 0 Å². The lowest BCUT2D eigenvalue weighted by Gasteiger charge is -2.16. The quantitative estimate of drug-likeness (QED) is 0.788. The van der Waals surface area contributed by atoms with Crippen molar-refractivity contribution in [3.05, 3.63) is 59.2 Å². The van der Waals surface area contributed by atoms with Crippen molar-refractivity contribution in [2.75, 3.05) is 13.7 Å². The summed E-state index contributed by atoms with van der Waals surface area (Å²) >= 11 is 0. The van der Waals surface area contributed by atoms with Crippen molar-refractivity contribution in [2.45, 2.75) is 26.8 Å². The standard InChI is InChI=1S/C20H23F2NO3/c1-12(2)11-26-18-8-6-15(10-19(18)25-4)20(24)23-13(3)14-5-7-16(21)17(22)9-14/h5-10,12-13H,11H2,1-4H3,(H,23,24). The highest BCUT2D eigenvalue weighted by molar-refractivity contribution is 5.95. The molecule has 26 heavy (non-hydrogen) atoms. The molecule has 0 fully saturated rings. The molecule has 0 radical (unpaired) electrons.